The summed E-state index contributed by atoms with van der Waals surface area (Å²) in [4.78, 5) is 38.4. The molecular formula is C21H38O6. The topological polar surface area (TPSA) is 78.9 Å². The van der Waals surface area contributed by atoms with E-state index >= 15 is 0 Å². The summed E-state index contributed by atoms with van der Waals surface area (Å²) in [7, 11) is 0. The minimum atomic E-state index is -1.68. The van der Waals surface area contributed by atoms with Gasteiger partial charge in [0.15, 0.2) is 5.41 Å². The zero-order chi connectivity index (χ0) is 21.3. The number of rotatable bonds is 10. The third kappa shape index (κ3) is 9.78. The average Bonchev–Trinajstić information content (AvgIpc) is 2.46. The third-order valence-electron chi connectivity index (χ3n) is 3.78. The van der Waals surface area contributed by atoms with Crippen LogP contribution in [0.3, 0.4) is 0 Å². The van der Waals surface area contributed by atoms with E-state index in [0.29, 0.717) is 6.42 Å². The lowest BCUT2D eigenvalue weighted by Crippen LogP contribution is -2.47. The van der Waals surface area contributed by atoms with Crippen LogP contribution < -0.4 is 0 Å². The van der Waals surface area contributed by atoms with E-state index in [-0.39, 0.29) is 19.4 Å². The predicted molar refractivity (Wildman–Crippen MR) is 104 cm³/mol. The van der Waals surface area contributed by atoms with Crippen molar-refractivity contribution in [3.8, 4) is 0 Å². The lowest BCUT2D eigenvalue weighted by molar-refractivity contribution is -0.186. The van der Waals surface area contributed by atoms with Crippen molar-refractivity contribution in [2.45, 2.75) is 105 Å². The lowest BCUT2D eigenvalue weighted by atomic mass is 9.79. The molecule has 1 atom stereocenters. The third-order valence-corrected chi connectivity index (χ3v) is 3.78. The maximum Gasteiger partial charge on any atom is 0.324 e. The van der Waals surface area contributed by atoms with Crippen LogP contribution in [-0.4, -0.2) is 35.7 Å². The molecule has 0 bridgehead atoms. The van der Waals surface area contributed by atoms with Crippen LogP contribution in [0.5, 0.6) is 0 Å². The Morgan fingerprint density at radius 3 is 1.74 bits per heavy atom. The van der Waals surface area contributed by atoms with Crippen LogP contribution in [0.25, 0.3) is 0 Å². The maximum atomic E-state index is 13.0. The van der Waals surface area contributed by atoms with E-state index < -0.39 is 34.5 Å². The highest BCUT2D eigenvalue weighted by molar-refractivity contribution is 6.03. The largest absolute Gasteiger partial charge is 0.465 e. The Bertz CT molecular complexity index is 498. The molecule has 0 saturated heterocycles. The minimum Gasteiger partial charge on any atom is -0.465 e. The summed E-state index contributed by atoms with van der Waals surface area (Å²) in [6.07, 6.45) is 3.29. The number of esters is 3. The van der Waals surface area contributed by atoms with Crippen LogP contribution in [0.4, 0.5) is 0 Å². The van der Waals surface area contributed by atoms with Gasteiger partial charge in [-0.15, -0.1) is 0 Å². The van der Waals surface area contributed by atoms with Crippen LogP contribution in [0.15, 0.2) is 0 Å². The van der Waals surface area contributed by atoms with Gasteiger partial charge in [0.1, 0.15) is 11.2 Å². The molecule has 0 fully saturated rings. The molecule has 0 N–H and O–H groups in total. The normalized spacial score (nSPS) is 14.2. The first kappa shape index (κ1) is 25.4. The Labute approximate surface area is 164 Å². The quantitative estimate of drug-likeness (QED) is 0.237. The number of carbonyl (C=O) groups is 3. The Hall–Kier alpha value is -1.59. The second-order valence-corrected chi connectivity index (χ2v) is 8.88. The van der Waals surface area contributed by atoms with Gasteiger partial charge < -0.3 is 14.2 Å². The standard InChI is InChI=1S/C21H38O6/c1-9-11-12-13-14-21(17(23)25-10-2,18(24)27-20(6,7)8)15-16(22)26-19(3,4)5/h9-15H2,1-8H3. The molecular weight excluding hydrogens is 348 g/mol. The van der Waals surface area contributed by atoms with E-state index in [9.17, 15) is 14.4 Å². The Kier molecular flexibility index (Phi) is 10.0. The van der Waals surface area contributed by atoms with Crippen LogP contribution in [0, 0.1) is 5.41 Å². The van der Waals surface area contributed by atoms with Gasteiger partial charge >= 0.3 is 17.9 Å². The molecule has 0 aliphatic heterocycles. The van der Waals surface area contributed by atoms with Gasteiger partial charge in [-0.1, -0.05) is 32.6 Å². The molecule has 0 heterocycles. The van der Waals surface area contributed by atoms with Crippen LogP contribution in [-0.2, 0) is 28.6 Å². The van der Waals surface area contributed by atoms with E-state index in [4.69, 9.17) is 14.2 Å². The summed E-state index contributed by atoms with van der Waals surface area (Å²) >= 11 is 0. The summed E-state index contributed by atoms with van der Waals surface area (Å²) in [6, 6.07) is 0. The Morgan fingerprint density at radius 1 is 0.741 bits per heavy atom. The SMILES string of the molecule is CCCCCCC(CC(=O)OC(C)(C)C)(C(=O)OCC)C(=O)OC(C)(C)C. The van der Waals surface area contributed by atoms with Crippen molar-refractivity contribution in [3.05, 3.63) is 0 Å². The van der Waals surface area contributed by atoms with Crippen molar-refractivity contribution >= 4 is 17.9 Å². The second-order valence-electron chi connectivity index (χ2n) is 8.88. The fourth-order valence-corrected chi connectivity index (χ4v) is 2.64. The second kappa shape index (κ2) is 10.7. The van der Waals surface area contributed by atoms with Gasteiger partial charge in [-0.2, -0.15) is 0 Å². The highest BCUT2D eigenvalue weighted by atomic mass is 16.6. The van der Waals surface area contributed by atoms with E-state index in [1.54, 1.807) is 48.5 Å². The first-order valence-corrected chi connectivity index (χ1v) is 9.90. The van der Waals surface area contributed by atoms with Gasteiger partial charge in [-0.3, -0.25) is 14.4 Å². The van der Waals surface area contributed by atoms with E-state index in [2.05, 4.69) is 6.92 Å². The van der Waals surface area contributed by atoms with Crippen molar-refractivity contribution < 1.29 is 28.6 Å². The van der Waals surface area contributed by atoms with Gasteiger partial charge in [0.05, 0.1) is 13.0 Å². The summed E-state index contributed by atoms with van der Waals surface area (Å²) in [5.74, 6) is -2.06. The molecule has 0 aromatic heterocycles. The van der Waals surface area contributed by atoms with Crippen LogP contribution >= 0.6 is 0 Å². The molecule has 0 spiro atoms. The first-order chi connectivity index (χ1) is 12.3. The van der Waals surface area contributed by atoms with Crippen LogP contribution in [0.1, 0.15) is 93.9 Å². The number of hydrogen-bond acceptors (Lipinski definition) is 6. The summed E-state index contributed by atoms with van der Waals surface area (Å²) in [5.41, 5.74) is -3.18. The van der Waals surface area contributed by atoms with Gasteiger partial charge in [-0.25, -0.2) is 0 Å². The number of hydrogen-bond donors (Lipinski definition) is 0. The molecule has 6 nitrogen and oxygen atoms in total. The van der Waals surface area contributed by atoms with Crippen molar-refractivity contribution in [1.29, 1.82) is 0 Å². The molecule has 0 rings (SSSR count). The predicted octanol–water partition coefficient (Wildman–Crippen LogP) is 4.58. The van der Waals surface area contributed by atoms with Gasteiger partial charge in [0, 0.05) is 0 Å². The zero-order valence-corrected chi connectivity index (χ0v) is 18.4. The molecule has 0 aliphatic carbocycles. The Balaban J connectivity index is 5.78. The van der Waals surface area contributed by atoms with Crippen LogP contribution in [0.2, 0.25) is 0 Å². The van der Waals surface area contributed by atoms with Gasteiger partial charge in [0.2, 0.25) is 0 Å². The molecule has 158 valence electrons. The average molecular weight is 387 g/mol. The molecule has 0 saturated carbocycles. The number of carbonyl (C=O) groups excluding carboxylic acids is 3. The highest BCUT2D eigenvalue weighted by Gasteiger charge is 2.51. The summed E-state index contributed by atoms with van der Waals surface area (Å²) < 4.78 is 16.1. The van der Waals surface area contributed by atoms with Gasteiger partial charge in [-0.05, 0) is 54.9 Å². The lowest BCUT2D eigenvalue weighted by Gasteiger charge is -2.33. The van der Waals surface area contributed by atoms with Gasteiger partial charge in [0.25, 0.3) is 0 Å². The van der Waals surface area contributed by atoms with E-state index in [0.717, 1.165) is 19.3 Å². The number of ether oxygens (including phenoxy) is 3. The molecule has 0 aromatic rings. The van der Waals surface area contributed by atoms with E-state index in [1.807, 2.05) is 0 Å². The monoisotopic (exact) mass is 386 g/mol. The van der Waals surface area contributed by atoms with Crippen molar-refractivity contribution in [2.24, 2.45) is 5.41 Å². The first-order valence-electron chi connectivity index (χ1n) is 9.90. The molecule has 1 unspecified atom stereocenters. The molecule has 0 aromatic carbocycles. The molecule has 0 amide bonds. The maximum absolute atomic E-state index is 13.0. The highest BCUT2D eigenvalue weighted by Crippen LogP contribution is 2.35. The van der Waals surface area contributed by atoms with Crippen molar-refractivity contribution in [1.82, 2.24) is 0 Å². The zero-order valence-electron chi connectivity index (χ0n) is 18.4. The molecule has 0 aliphatic rings. The molecule has 0 radical (unpaired) electrons. The molecule has 6 heteroatoms. The van der Waals surface area contributed by atoms with Crippen molar-refractivity contribution in [3.63, 3.8) is 0 Å². The summed E-state index contributed by atoms with van der Waals surface area (Å²) in [5, 5.41) is 0. The van der Waals surface area contributed by atoms with Crippen molar-refractivity contribution in [2.75, 3.05) is 6.61 Å². The smallest absolute Gasteiger partial charge is 0.324 e. The fraction of sp³-hybridized carbons (Fsp3) is 0.857. The minimum absolute atomic E-state index is 0.118. The van der Waals surface area contributed by atoms with E-state index in [1.165, 1.54) is 0 Å². The molecule has 27 heavy (non-hydrogen) atoms. The summed E-state index contributed by atoms with van der Waals surface area (Å²) in [6.45, 7) is 14.3. The number of unbranched alkanes of at least 4 members (excludes halogenated alkanes) is 3. The Morgan fingerprint density at radius 2 is 1.30 bits per heavy atom. The fourth-order valence-electron chi connectivity index (χ4n) is 2.64.